The van der Waals surface area contributed by atoms with Gasteiger partial charge in [0.1, 0.15) is 0 Å². The SMILES string of the molecule is C(/C=C\[Se]Cc1ccccc1)=C/SCc1ccccc1. The van der Waals surface area contributed by atoms with Crippen LogP contribution in [0, 0.1) is 0 Å². The van der Waals surface area contributed by atoms with E-state index in [9.17, 15) is 0 Å². The van der Waals surface area contributed by atoms with Crippen LogP contribution in [0.15, 0.2) is 83.2 Å². The number of thioether (sulfide) groups is 1. The molecule has 0 radical (unpaired) electrons. The molecule has 0 N–H and O–H groups in total. The van der Waals surface area contributed by atoms with Gasteiger partial charge < -0.3 is 0 Å². The molecule has 102 valence electrons. The first kappa shape index (κ1) is 15.2. The van der Waals surface area contributed by atoms with E-state index < -0.39 is 0 Å². The number of allylic oxidation sites excluding steroid dienone is 2. The van der Waals surface area contributed by atoms with Crippen molar-refractivity contribution in [1.82, 2.24) is 0 Å². The molecule has 2 aromatic rings. The van der Waals surface area contributed by atoms with Crippen molar-refractivity contribution < 1.29 is 0 Å². The van der Waals surface area contributed by atoms with Crippen LogP contribution in [0.5, 0.6) is 0 Å². The van der Waals surface area contributed by atoms with Gasteiger partial charge in [0, 0.05) is 0 Å². The maximum atomic E-state index is 2.29. The molecule has 20 heavy (non-hydrogen) atoms. The fourth-order valence-electron chi connectivity index (χ4n) is 1.64. The Hall–Kier alpha value is -1.21. The maximum absolute atomic E-state index is 2.29. The van der Waals surface area contributed by atoms with Gasteiger partial charge in [0.2, 0.25) is 0 Å². The van der Waals surface area contributed by atoms with E-state index in [1.165, 1.54) is 16.4 Å². The van der Waals surface area contributed by atoms with Gasteiger partial charge in [-0.05, 0) is 0 Å². The van der Waals surface area contributed by atoms with E-state index >= 15 is 0 Å². The minimum atomic E-state index is 0.551. The van der Waals surface area contributed by atoms with Crippen LogP contribution in [0.4, 0.5) is 0 Å². The molecule has 0 heterocycles. The zero-order chi connectivity index (χ0) is 13.9. The van der Waals surface area contributed by atoms with E-state index in [0.717, 1.165) is 5.75 Å². The van der Waals surface area contributed by atoms with Crippen LogP contribution < -0.4 is 0 Å². The fraction of sp³-hybridized carbons (Fsp3) is 0.111. The van der Waals surface area contributed by atoms with Crippen molar-refractivity contribution in [3.8, 4) is 0 Å². The molecule has 0 fully saturated rings. The van der Waals surface area contributed by atoms with E-state index in [2.05, 4.69) is 83.2 Å². The summed E-state index contributed by atoms with van der Waals surface area (Å²) in [6.07, 6.45) is 4.31. The van der Waals surface area contributed by atoms with E-state index in [1.54, 1.807) is 0 Å². The average Bonchev–Trinajstić information content (AvgIpc) is 2.52. The van der Waals surface area contributed by atoms with Gasteiger partial charge in [-0.2, -0.15) is 0 Å². The molecule has 2 heteroatoms. The summed E-state index contributed by atoms with van der Waals surface area (Å²) in [7, 11) is 0. The normalized spacial score (nSPS) is 11.4. The molecule has 0 unspecified atom stereocenters. The Morgan fingerprint density at radius 1 is 0.800 bits per heavy atom. The van der Waals surface area contributed by atoms with Crippen LogP contribution in [0.1, 0.15) is 11.1 Å². The molecule has 2 aromatic carbocycles. The second-order valence-corrected chi connectivity index (χ2v) is 7.02. The van der Waals surface area contributed by atoms with Gasteiger partial charge >= 0.3 is 132 Å². The number of rotatable bonds is 7. The number of hydrogen-bond donors (Lipinski definition) is 0. The summed E-state index contributed by atoms with van der Waals surface area (Å²) in [6, 6.07) is 21.2. The molecule has 0 bridgehead atoms. The third-order valence-electron chi connectivity index (χ3n) is 2.65. The molecule has 0 atom stereocenters. The minimum absolute atomic E-state index is 0.551. The number of benzene rings is 2. The summed E-state index contributed by atoms with van der Waals surface area (Å²) < 4.78 is 0. The summed E-state index contributed by atoms with van der Waals surface area (Å²) in [5.74, 6) is 1.04. The Balaban J connectivity index is 1.60. The van der Waals surface area contributed by atoms with E-state index in [1.807, 2.05) is 11.8 Å². The van der Waals surface area contributed by atoms with Crippen LogP contribution >= 0.6 is 11.8 Å². The molecule has 0 saturated heterocycles. The van der Waals surface area contributed by atoms with Gasteiger partial charge in [0.05, 0.1) is 0 Å². The molecule has 0 aliphatic heterocycles. The predicted octanol–water partition coefficient (Wildman–Crippen LogP) is 4.85. The first-order valence-corrected chi connectivity index (χ1v) is 9.83. The van der Waals surface area contributed by atoms with Crippen LogP contribution in [0.2, 0.25) is 0 Å². The first-order chi connectivity index (χ1) is 9.95. The summed E-state index contributed by atoms with van der Waals surface area (Å²) in [5, 5.41) is 3.34. The summed E-state index contributed by atoms with van der Waals surface area (Å²) in [5.41, 5.74) is 2.80. The van der Waals surface area contributed by atoms with Crippen molar-refractivity contribution in [2.24, 2.45) is 0 Å². The van der Waals surface area contributed by atoms with Crippen molar-refractivity contribution in [1.29, 1.82) is 0 Å². The van der Waals surface area contributed by atoms with Crippen molar-refractivity contribution >= 4 is 26.7 Å². The van der Waals surface area contributed by atoms with Crippen LogP contribution in [-0.4, -0.2) is 15.0 Å². The second-order valence-electron chi connectivity index (χ2n) is 4.25. The molecule has 0 aromatic heterocycles. The third kappa shape index (κ3) is 6.29. The molecule has 0 saturated carbocycles. The third-order valence-corrected chi connectivity index (χ3v) is 5.28. The molecule has 2 rings (SSSR count). The molecule has 0 aliphatic carbocycles. The molecule has 0 aliphatic rings. The van der Waals surface area contributed by atoms with Crippen LogP contribution in [-0.2, 0) is 11.1 Å². The standard InChI is InChI=1S/C18H18SSe/c1-3-9-17(10-4-1)15-19-13-7-8-14-20-16-18-11-5-2-6-12-18/h1-14H,15-16H2/b13-7-,14-8-. The van der Waals surface area contributed by atoms with Crippen molar-refractivity contribution in [2.75, 3.05) is 0 Å². The molecule has 0 spiro atoms. The van der Waals surface area contributed by atoms with Gasteiger partial charge in [-0.25, -0.2) is 0 Å². The van der Waals surface area contributed by atoms with Gasteiger partial charge in [-0.1, -0.05) is 0 Å². The van der Waals surface area contributed by atoms with Crippen LogP contribution in [0.25, 0.3) is 0 Å². The van der Waals surface area contributed by atoms with E-state index in [0.29, 0.717) is 15.0 Å². The Morgan fingerprint density at radius 3 is 2.15 bits per heavy atom. The van der Waals surface area contributed by atoms with Gasteiger partial charge in [-0.15, -0.1) is 0 Å². The molecular weight excluding hydrogens is 327 g/mol. The zero-order valence-corrected chi connectivity index (χ0v) is 13.8. The van der Waals surface area contributed by atoms with E-state index in [-0.39, 0.29) is 0 Å². The first-order valence-electron chi connectivity index (χ1n) is 6.58. The quantitative estimate of drug-likeness (QED) is 0.510. The van der Waals surface area contributed by atoms with Gasteiger partial charge in [0.15, 0.2) is 0 Å². The van der Waals surface area contributed by atoms with Crippen LogP contribution in [0.3, 0.4) is 0 Å². The summed E-state index contributed by atoms with van der Waals surface area (Å²) in [6.45, 7) is 0. The molecule has 0 nitrogen and oxygen atoms in total. The number of hydrogen-bond acceptors (Lipinski definition) is 1. The van der Waals surface area contributed by atoms with Gasteiger partial charge in [-0.3, -0.25) is 0 Å². The average molecular weight is 345 g/mol. The van der Waals surface area contributed by atoms with Gasteiger partial charge in [0.25, 0.3) is 0 Å². The monoisotopic (exact) mass is 346 g/mol. The Labute approximate surface area is 132 Å². The van der Waals surface area contributed by atoms with Crippen molar-refractivity contribution in [2.45, 2.75) is 11.1 Å². The van der Waals surface area contributed by atoms with Crippen molar-refractivity contribution in [3.63, 3.8) is 0 Å². The van der Waals surface area contributed by atoms with Crippen molar-refractivity contribution in [3.05, 3.63) is 94.3 Å². The molecular formula is C18H18SSe. The second kappa shape index (κ2) is 9.66. The fourth-order valence-corrected chi connectivity index (χ4v) is 3.75. The Kier molecular flexibility index (Phi) is 7.33. The molecule has 0 amide bonds. The zero-order valence-electron chi connectivity index (χ0n) is 11.3. The predicted molar refractivity (Wildman–Crippen MR) is 91.9 cm³/mol. The topological polar surface area (TPSA) is 0 Å². The Morgan fingerprint density at radius 2 is 1.45 bits per heavy atom. The van der Waals surface area contributed by atoms with E-state index in [4.69, 9.17) is 0 Å². The summed E-state index contributed by atoms with van der Waals surface area (Å²) >= 11 is 2.39. The summed E-state index contributed by atoms with van der Waals surface area (Å²) in [4.78, 5) is 2.29. The Bertz CT molecular complexity index is 480.